The number of aromatic amines is 1. The first kappa shape index (κ1) is 23.5. The number of fused-ring (bicyclic) bond motifs is 1. The minimum atomic E-state index is -0.620. The van der Waals surface area contributed by atoms with Crippen molar-refractivity contribution in [2.24, 2.45) is 4.99 Å². The van der Waals surface area contributed by atoms with Gasteiger partial charge in [-0.2, -0.15) is 0 Å². The molecule has 0 atom stereocenters. The number of imidazole rings is 1. The lowest BCUT2D eigenvalue weighted by Crippen LogP contribution is -1.97. The maximum atomic E-state index is 11.6. The van der Waals surface area contributed by atoms with Crippen LogP contribution in [0.2, 0.25) is 10.0 Å². The zero-order chi connectivity index (χ0) is 25.2. The molecule has 5 aromatic rings. The van der Waals surface area contributed by atoms with E-state index in [1.54, 1.807) is 30.3 Å². The van der Waals surface area contributed by atoms with Gasteiger partial charge in [0, 0.05) is 28.4 Å². The van der Waals surface area contributed by atoms with Gasteiger partial charge >= 0.3 is 5.69 Å². The van der Waals surface area contributed by atoms with Crippen LogP contribution in [0.15, 0.2) is 83.9 Å². The first-order valence-electron chi connectivity index (χ1n) is 10.9. The molecule has 5 rings (SSSR count). The molecule has 178 valence electrons. The Kier molecular flexibility index (Phi) is 6.41. The molecule has 0 unspecified atom stereocenters. The average Bonchev–Trinajstić information content (AvgIpc) is 3.30. The van der Waals surface area contributed by atoms with Crippen LogP contribution in [0.1, 0.15) is 16.7 Å². The summed E-state index contributed by atoms with van der Waals surface area (Å²) in [7, 11) is 0. The molecule has 0 aliphatic rings. The lowest BCUT2D eigenvalue weighted by Gasteiger charge is -2.08. The van der Waals surface area contributed by atoms with Gasteiger partial charge in [-0.3, -0.25) is 15.1 Å². The standard InChI is InChI=1S/C27H18Cl2N4O3/c28-21-6-2-1-5-17(21)11-16-12-18(26(34)25(13-16)33(35)36)15-30-19-9-10-22(29)20(14-19)27-31-23-7-3-4-8-24(23)32-27/h1-10,12-15,34H,11H2,(H,31,32). The molecule has 2 N–H and O–H groups in total. The molecule has 0 radical (unpaired) electrons. The number of H-pyrrole nitrogens is 1. The van der Waals surface area contributed by atoms with Crippen molar-refractivity contribution in [2.75, 3.05) is 0 Å². The summed E-state index contributed by atoms with van der Waals surface area (Å²) in [5.74, 6) is 0.136. The second-order valence-electron chi connectivity index (χ2n) is 8.10. The molecule has 0 aliphatic carbocycles. The summed E-state index contributed by atoms with van der Waals surface area (Å²) < 4.78 is 0. The maximum Gasteiger partial charge on any atom is 0.311 e. The van der Waals surface area contributed by atoms with Crippen molar-refractivity contribution in [2.45, 2.75) is 6.42 Å². The fraction of sp³-hybridized carbons (Fsp3) is 0.0370. The van der Waals surface area contributed by atoms with Crippen LogP contribution in [-0.2, 0) is 6.42 Å². The molecule has 0 fully saturated rings. The number of halogens is 2. The van der Waals surface area contributed by atoms with Crippen LogP contribution in [0.5, 0.6) is 5.75 Å². The Morgan fingerprint density at radius 2 is 1.78 bits per heavy atom. The number of rotatable bonds is 6. The molecular weight excluding hydrogens is 499 g/mol. The normalized spacial score (nSPS) is 11.4. The number of phenols is 1. The maximum absolute atomic E-state index is 11.6. The van der Waals surface area contributed by atoms with Gasteiger partial charge < -0.3 is 10.1 Å². The lowest BCUT2D eigenvalue weighted by molar-refractivity contribution is -0.385. The number of aliphatic imine (C=N–C) groups is 1. The van der Waals surface area contributed by atoms with Gasteiger partial charge in [0.1, 0.15) is 5.82 Å². The Morgan fingerprint density at radius 3 is 2.56 bits per heavy atom. The number of nitro groups is 1. The number of phenolic OH excluding ortho intramolecular Hbond substituents is 1. The quantitative estimate of drug-likeness (QED) is 0.138. The molecule has 9 heteroatoms. The third-order valence-corrected chi connectivity index (χ3v) is 6.37. The van der Waals surface area contributed by atoms with Gasteiger partial charge in [-0.05, 0) is 60.0 Å². The minimum absolute atomic E-state index is 0.214. The molecule has 0 spiro atoms. The van der Waals surface area contributed by atoms with Crippen molar-refractivity contribution in [3.05, 3.63) is 116 Å². The fourth-order valence-corrected chi connectivity index (χ4v) is 4.31. The number of para-hydroxylation sites is 2. The highest BCUT2D eigenvalue weighted by Gasteiger charge is 2.19. The number of nitro benzene ring substituents is 1. The Morgan fingerprint density at radius 1 is 1.00 bits per heavy atom. The zero-order valence-corrected chi connectivity index (χ0v) is 20.2. The number of hydrogen-bond acceptors (Lipinski definition) is 5. The second-order valence-corrected chi connectivity index (χ2v) is 8.92. The Hall–Kier alpha value is -4.20. The van der Waals surface area contributed by atoms with Crippen LogP contribution in [0.4, 0.5) is 11.4 Å². The number of aromatic hydroxyl groups is 1. The van der Waals surface area contributed by atoms with Crippen molar-refractivity contribution in [1.29, 1.82) is 0 Å². The number of aromatic nitrogens is 2. The highest BCUT2D eigenvalue weighted by atomic mass is 35.5. The molecule has 0 saturated carbocycles. The van der Waals surface area contributed by atoms with Crippen LogP contribution in [0.3, 0.4) is 0 Å². The van der Waals surface area contributed by atoms with E-state index < -0.39 is 16.4 Å². The molecule has 4 aromatic carbocycles. The smallest absolute Gasteiger partial charge is 0.311 e. The van der Waals surface area contributed by atoms with Crippen molar-refractivity contribution in [3.63, 3.8) is 0 Å². The van der Waals surface area contributed by atoms with E-state index in [1.807, 2.05) is 42.5 Å². The largest absolute Gasteiger partial charge is 0.502 e. The van der Waals surface area contributed by atoms with Gasteiger partial charge in [0.2, 0.25) is 5.75 Å². The Bertz CT molecular complexity index is 1610. The first-order valence-corrected chi connectivity index (χ1v) is 11.7. The van der Waals surface area contributed by atoms with E-state index >= 15 is 0 Å². The van der Waals surface area contributed by atoms with Crippen LogP contribution >= 0.6 is 23.2 Å². The fourth-order valence-electron chi connectivity index (χ4n) is 3.90. The third kappa shape index (κ3) is 4.79. The Balaban J connectivity index is 1.51. The van der Waals surface area contributed by atoms with Crippen LogP contribution in [-0.4, -0.2) is 26.2 Å². The topological polar surface area (TPSA) is 104 Å². The van der Waals surface area contributed by atoms with E-state index in [4.69, 9.17) is 23.2 Å². The average molecular weight is 517 g/mol. The molecule has 1 heterocycles. The third-order valence-electron chi connectivity index (χ3n) is 5.68. The van der Waals surface area contributed by atoms with Crippen molar-refractivity contribution in [1.82, 2.24) is 9.97 Å². The predicted molar refractivity (Wildman–Crippen MR) is 143 cm³/mol. The van der Waals surface area contributed by atoms with E-state index in [9.17, 15) is 15.2 Å². The molecule has 0 amide bonds. The number of nitrogens with one attached hydrogen (secondary N) is 1. The summed E-state index contributed by atoms with van der Waals surface area (Å²) in [5, 5.41) is 23.2. The van der Waals surface area contributed by atoms with E-state index in [0.29, 0.717) is 39.1 Å². The van der Waals surface area contributed by atoms with Gasteiger partial charge in [0.15, 0.2) is 0 Å². The molecule has 1 aromatic heterocycles. The van der Waals surface area contributed by atoms with Gasteiger partial charge in [0.05, 0.1) is 26.7 Å². The highest BCUT2D eigenvalue weighted by Crippen LogP contribution is 2.34. The monoisotopic (exact) mass is 516 g/mol. The SMILES string of the molecule is O=[N+]([O-])c1cc(Cc2ccccc2Cl)cc(C=Nc2ccc(Cl)c(-c3nc4ccccc4[nH]3)c2)c1O. The van der Waals surface area contributed by atoms with E-state index in [1.165, 1.54) is 12.3 Å². The van der Waals surface area contributed by atoms with Crippen LogP contribution in [0, 0.1) is 10.1 Å². The molecular formula is C27H18Cl2N4O3. The van der Waals surface area contributed by atoms with Crippen molar-refractivity contribution >= 4 is 51.8 Å². The van der Waals surface area contributed by atoms with Crippen molar-refractivity contribution < 1.29 is 10.0 Å². The summed E-state index contributed by atoms with van der Waals surface area (Å²) in [6.07, 6.45) is 1.75. The van der Waals surface area contributed by atoms with E-state index in [2.05, 4.69) is 15.0 Å². The lowest BCUT2D eigenvalue weighted by atomic mass is 10.0. The van der Waals surface area contributed by atoms with Gasteiger partial charge in [-0.1, -0.05) is 53.5 Å². The van der Waals surface area contributed by atoms with Gasteiger partial charge in [-0.25, -0.2) is 4.98 Å². The molecule has 0 bridgehead atoms. The summed E-state index contributed by atoms with van der Waals surface area (Å²) in [6.45, 7) is 0. The summed E-state index contributed by atoms with van der Waals surface area (Å²) in [6, 6.07) is 23.1. The number of benzene rings is 4. The van der Waals surface area contributed by atoms with Crippen LogP contribution in [0.25, 0.3) is 22.4 Å². The summed E-state index contributed by atoms with van der Waals surface area (Å²) >= 11 is 12.7. The second kappa shape index (κ2) is 9.81. The van der Waals surface area contributed by atoms with Crippen molar-refractivity contribution in [3.8, 4) is 17.1 Å². The number of hydrogen-bond donors (Lipinski definition) is 2. The zero-order valence-electron chi connectivity index (χ0n) is 18.7. The van der Waals surface area contributed by atoms with E-state index in [-0.39, 0.29) is 5.56 Å². The predicted octanol–water partition coefficient (Wildman–Crippen LogP) is 7.49. The van der Waals surface area contributed by atoms with Gasteiger partial charge in [0.25, 0.3) is 0 Å². The Labute approximate surface area is 215 Å². The van der Waals surface area contributed by atoms with Crippen LogP contribution < -0.4 is 0 Å². The molecule has 36 heavy (non-hydrogen) atoms. The molecule has 0 aliphatic heterocycles. The first-order chi connectivity index (χ1) is 17.4. The summed E-state index contributed by atoms with van der Waals surface area (Å²) in [4.78, 5) is 23.2. The molecule has 0 saturated heterocycles. The van der Waals surface area contributed by atoms with E-state index in [0.717, 1.165) is 16.6 Å². The highest BCUT2D eigenvalue weighted by molar-refractivity contribution is 6.33. The molecule has 7 nitrogen and oxygen atoms in total. The minimum Gasteiger partial charge on any atom is -0.502 e. The summed E-state index contributed by atoms with van der Waals surface area (Å²) in [5.41, 5.74) is 4.13. The number of nitrogens with zero attached hydrogens (tertiary/aromatic N) is 3. The van der Waals surface area contributed by atoms with Gasteiger partial charge in [-0.15, -0.1) is 0 Å².